The molecule has 1 aromatic carbocycles. The molecule has 2 N–H and O–H groups in total. The van der Waals surface area contributed by atoms with Crippen LogP contribution in [0, 0.1) is 6.92 Å². The first kappa shape index (κ1) is 10.5. The molecule has 0 atom stereocenters. The number of nitrogen functional groups attached to an aromatic ring is 1. The van der Waals surface area contributed by atoms with Crippen molar-refractivity contribution in [2.75, 3.05) is 19.6 Å². The van der Waals surface area contributed by atoms with Gasteiger partial charge in [-0.1, -0.05) is 12.1 Å². The molecule has 0 spiro atoms. The van der Waals surface area contributed by atoms with Gasteiger partial charge in [-0.05, 0) is 18.6 Å². The van der Waals surface area contributed by atoms with Crippen molar-refractivity contribution in [1.29, 1.82) is 0 Å². The van der Waals surface area contributed by atoms with Crippen LogP contribution < -0.4 is 5.73 Å². The highest BCUT2D eigenvalue weighted by Crippen LogP contribution is 2.17. The quantitative estimate of drug-likeness (QED) is 0.449. The molecule has 0 aliphatic heterocycles. The third kappa shape index (κ3) is 2.23. The number of rotatable bonds is 3. The molecule has 1 rings (SSSR count). The summed E-state index contributed by atoms with van der Waals surface area (Å²) in [4.78, 5) is 11.5. The Bertz CT molecular complexity index is 316. The van der Waals surface area contributed by atoms with Crippen molar-refractivity contribution in [3.63, 3.8) is 0 Å². The molecule has 4 nitrogen and oxygen atoms in total. The summed E-state index contributed by atoms with van der Waals surface area (Å²) in [5.41, 5.74) is 7.28. The number of ether oxygens (including phenoxy) is 2. The minimum atomic E-state index is -0.456. The smallest absolute Gasteiger partial charge is 0.342 e. The standard InChI is InChI=1S/C10H13NO3/c1-7-4-3-5-8(11)9(7)10(12)14-6-13-2/h3-5H,6,11H2,1-2H3. The van der Waals surface area contributed by atoms with E-state index in [1.807, 2.05) is 0 Å². The van der Waals surface area contributed by atoms with E-state index in [9.17, 15) is 4.79 Å². The number of nitrogens with two attached hydrogens (primary N) is 1. The monoisotopic (exact) mass is 195 g/mol. The highest BCUT2D eigenvalue weighted by Gasteiger charge is 2.13. The van der Waals surface area contributed by atoms with Gasteiger partial charge in [0, 0.05) is 12.8 Å². The van der Waals surface area contributed by atoms with Crippen LogP contribution in [0.4, 0.5) is 5.69 Å². The maximum Gasteiger partial charge on any atom is 0.342 e. The zero-order valence-electron chi connectivity index (χ0n) is 8.24. The van der Waals surface area contributed by atoms with Gasteiger partial charge in [0.1, 0.15) is 0 Å². The van der Waals surface area contributed by atoms with Crippen molar-refractivity contribution in [2.45, 2.75) is 6.92 Å². The Balaban J connectivity index is 2.89. The number of anilines is 1. The van der Waals surface area contributed by atoms with Crippen LogP contribution in [0.2, 0.25) is 0 Å². The molecule has 0 fully saturated rings. The summed E-state index contributed by atoms with van der Waals surface area (Å²) in [5, 5.41) is 0. The fraction of sp³-hybridized carbons (Fsp3) is 0.300. The summed E-state index contributed by atoms with van der Waals surface area (Å²) in [5.74, 6) is -0.456. The van der Waals surface area contributed by atoms with E-state index in [0.29, 0.717) is 11.3 Å². The number of esters is 1. The zero-order valence-corrected chi connectivity index (χ0v) is 8.24. The SMILES string of the molecule is COCOC(=O)c1c(C)cccc1N. The zero-order chi connectivity index (χ0) is 10.6. The van der Waals surface area contributed by atoms with Crippen LogP contribution in [-0.4, -0.2) is 19.9 Å². The second-order valence-electron chi connectivity index (χ2n) is 2.88. The summed E-state index contributed by atoms with van der Waals surface area (Å²) in [6.45, 7) is 1.74. The third-order valence-corrected chi connectivity index (χ3v) is 1.82. The Hall–Kier alpha value is -1.55. The van der Waals surface area contributed by atoms with Crippen LogP contribution in [0.25, 0.3) is 0 Å². The Morgan fingerprint density at radius 2 is 2.21 bits per heavy atom. The molecule has 0 saturated carbocycles. The van der Waals surface area contributed by atoms with E-state index in [4.69, 9.17) is 10.5 Å². The van der Waals surface area contributed by atoms with Crippen molar-refractivity contribution in [3.05, 3.63) is 29.3 Å². The van der Waals surface area contributed by atoms with Gasteiger partial charge in [0.05, 0.1) is 5.56 Å². The Labute approximate surface area is 82.6 Å². The van der Waals surface area contributed by atoms with Gasteiger partial charge in [-0.25, -0.2) is 4.79 Å². The predicted molar refractivity (Wildman–Crippen MR) is 52.9 cm³/mol. The van der Waals surface area contributed by atoms with Crippen molar-refractivity contribution in [3.8, 4) is 0 Å². The topological polar surface area (TPSA) is 61.5 Å². The van der Waals surface area contributed by atoms with Crippen LogP contribution in [0.3, 0.4) is 0 Å². The minimum absolute atomic E-state index is 0.0629. The largest absolute Gasteiger partial charge is 0.435 e. The van der Waals surface area contributed by atoms with Gasteiger partial charge < -0.3 is 15.2 Å². The number of aryl methyl sites for hydroxylation is 1. The second kappa shape index (κ2) is 4.62. The van der Waals surface area contributed by atoms with Crippen molar-refractivity contribution < 1.29 is 14.3 Å². The molecule has 1 aromatic rings. The van der Waals surface area contributed by atoms with E-state index in [0.717, 1.165) is 5.56 Å². The van der Waals surface area contributed by atoms with Crippen LogP contribution in [0.5, 0.6) is 0 Å². The summed E-state index contributed by atoms with van der Waals surface area (Å²) < 4.78 is 9.43. The lowest BCUT2D eigenvalue weighted by molar-refractivity contribution is -0.0124. The first-order chi connectivity index (χ1) is 6.66. The minimum Gasteiger partial charge on any atom is -0.435 e. The molecule has 0 bridgehead atoms. The van der Waals surface area contributed by atoms with Gasteiger partial charge in [0.2, 0.25) is 0 Å². The fourth-order valence-corrected chi connectivity index (χ4v) is 1.15. The normalized spacial score (nSPS) is 9.86. The Kier molecular flexibility index (Phi) is 3.48. The van der Waals surface area contributed by atoms with Crippen LogP contribution in [0.1, 0.15) is 15.9 Å². The van der Waals surface area contributed by atoms with E-state index in [-0.39, 0.29) is 6.79 Å². The maximum atomic E-state index is 11.5. The van der Waals surface area contributed by atoms with E-state index in [1.165, 1.54) is 7.11 Å². The Morgan fingerprint density at radius 1 is 1.50 bits per heavy atom. The lowest BCUT2D eigenvalue weighted by atomic mass is 10.1. The number of carbonyl (C=O) groups is 1. The first-order valence-electron chi connectivity index (χ1n) is 4.18. The average molecular weight is 195 g/mol. The van der Waals surface area contributed by atoms with Gasteiger partial charge in [-0.15, -0.1) is 0 Å². The number of benzene rings is 1. The van der Waals surface area contributed by atoms with Crippen molar-refractivity contribution in [1.82, 2.24) is 0 Å². The summed E-state index contributed by atoms with van der Waals surface area (Å²) in [6.07, 6.45) is 0. The van der Waals surface area contributed by atoms with E-state index >= 15 is 0 Å². The molecule has 0 aliphatic carbocycles. The number of carbonyl (C=O) groups excluding carboxylic acids is 1. The summed E-state index contributed by atoms with van der Waals surface area (Å²) in [7, 11) is 1.45. The van der Waals surface area contributed by atoms with Gasteiger partial charge >= 0.3 is 5.97 Å². The molecule has 0 saturated heterocycles. The van der Waals surface area contributed by atoms with Gasteiger partial charge in [0.25, 0.3) is 0 Å². The summed E-state index contributed by atoms with van der Waals surface area (Å²) in [6, 6.07) is 5.26. The molecule has 76 valence electrons. The molecular weight excluding hydrogens is 182 g/mol. The lowest BCUT2D eigenvalue weighted by Crippen LogP contribution is -2.11. The van der Waals surface area contributed by atoms with Crippen LogP contribution in [0.15, 0.2) is 18.2 Å². The number of hydrogen-bond donors (Lipinski definition) is 1. The number of methoxy groups -OCH3 is 1. The molecule has 0 heterocycles. The predicted octanol–water partition coefficient (Wildman–Crippen LogP) is 1.34. The fourth-order valence-electron chi connectivity index (χ4n) is 1.15. The number of hydrogen-bond acceptors (Lipinski definition) is 4. The molecule has 4 heteroatoms. The van der Waals surface area contributed by atoms with Crippen molar-refractivity contribution >= 4 is 11.7 Å². The van der Waals surface area contributed by atoms with E-state index in [1.54, 1.807) is 25.1 Å². The van der Waals surface area contributed by atoms with Gasteiger partial charge in [-0.3, -0.25) is 0 Å². The van der Waals surface area contributed by atoms with E-state index in [2.05, 4.69) is 4.74 Å². The van der Waals surface area contributed by atoms with E-state index < -0.39 is 5.97 Å². The average Bonchev–Trinajstić information content (AvgIpc) is 2.14. The molecule has 0 aliphatic rings. The first-order valence-corrected chi connectivity index (χ1v) is 4.18. The molecule has 0 unspecified atom stereocenters. The molecule has 0 radical (unpaired) electrons. The lowest BCUT2D eigenvalue weighted by Gasteiger charge is -2.08. The van der Waals surface area contributed by atoms with Gasteiger partial charge in [-0.2, -0.15) is 0 Å². The van der Waals surface area contributed by atoms with Crippen molar-refractivity contribution in [2.24, 2.45) is 0 Å². The molecule has 14 heavy (non-hydrogen) atoms. The second-order valence-corrected chi connectivity index (χ2v) is 2.88. The highest BCUT2D eigenvalue weighted by molar-refractivity contribution is 5.96. The molecular formula is C10H13NO3. The van der Waals surface area contributed by atoms with Crippen LogP contribution >= 0.6 is 0 Å². The Morgan fingerprint density at radius 3 is 2.79 bits per heavy atom. The van der Waals surface area contributed by atoms with Crippen LogP contribution in [-0.2, 0) is 9.47 Å². The van der Waals surface area contributed by atoms with Gasteiger partial charge in [0.15, 0.2) is 6.79 Å². The molecule has 0 amide bonds. The molecule has 0 aromatic heterocycles. The maximum absolute atomic E-state index is 11.5. The highest BCUT2D eigenvalue weighted by atomic mass is 16.7. The third-order valence-electron chi connectivity index (χ3n) is 1.82. The summed E-state index contributed by atoms with van der Waals surface area (Å²) >= 11 is 0.